The van der Waals surface area contributed by atoms with Gasteiger partial charge < -0.3 is 25.5 Å². The highest BCUT2D eigenvalue weighted by atomic mass is 32.2. The second kappa shape index (κ2) is 7.60. The number of amides is 1. The molecule has 0 aromatic carbocycles. The number of β-lactam (4-membered cyclic amide) rings is 1. The van der Waals surface area contributed by atoms with Crippen molar-refractivity contribution in [3.05, 3.63) is 10.6 Å². The molecule has 3 saturated heterocycles. The molecule has 0 spiro atoms. The Bertz CT molecular complexity index is 693. The molecule has 4 rings (SSSR count). The van der Waals surface area contributed by atoms with E-state index in [0.29, 0.717) is 18.5 Å². The first kappa shape index (κ1) is 20.2. The lowest BCUT2D eigenvalue weighted by atomic mass is 9.79. The average Bonchev–Trinajstić information content (AvgIpc) is 3.33. The molecule has 0 aromatic heterocycles. The molecule has 8 nitrogen and oxygen atoms in total. The number of hydrogen-bond donors (Lipinski definition) is 4. The van der Waals surface area contributed by atoms with Crippen LogP contribution in [0.4, 0.5) is 0 Å². The Morgan fingerprint density at radius 3 is 2.75 bits per heavy atom. The number of nitrogens with one attached hydrogen (secondary N) is 1. The van der Waals surface area contributed by atoms with Crippen molar-refractivity contribution in [1.82, 2.24) is 15.1 Å². The Morgan fingerprint density at radius 1 is 1.43 bits per heavy atom. The quantitative estimate of drug-likeness (QED) is 0.447. The SMILES string of the molecule is CC(O)C1C(=O)N2C(C(=O)O)=C(SC3CC(C4CCNC4)N(CO)C3)C(C)[C@@H]12. The van der Waals surface area contributed by atoms with Gasteiger partial charge in [0.2, 0.25) is 5.91 Å². The van der Waals surface area contributed by atoms with Crippen LogP contribution in [0.3, 0.4) is 0 Å². The predicted octanol–water partition coefficient (Wildman–Crippen LogP) is -0.124. The minimum atomic E-state index is -1.08. The molecule has 3 fully saturated rings. The summed E-state index contributed by atoms with van der Waals surface area (Å²) in [6, 6.07) is 0.0261. The Morgan fingerprint density at radius 2 is 2.18 bits per heavy atom. The van der Waals surface area contributed by atoms with Gasteiger partial charge in [-0.3, -0.25) is 9.69 Å². The zero-order valence-corrected chi connectivity index (χ0v) is 17.1. The fraction of sp³-hybridized carbons (Fsp3) is 0.789. The number of hydrogen-bond acceptors (Lipinski definition) is 7. The van der Waals surface area contributed by atoms with E-state index in [1.807, 2.05) is 6.92 Å². The molecule has 4 aliphatic heterocycles. The van der Waals surface area contributed by atoms with E-state index in [1.54, 1.807) is 18.7 Å². The molecule has 0 aliphatic carbocycles. The molecule has 6 unspecified atom stereocenters. The molecule has 4 aliphatic rings. The average molecular weight is 412 g/mol. The highest BCUT2D eigenvalue weighted by molar-refractivity contribution is 8.03. The maximum absolute atomic E-state index is 12.5. The van der Waals surface area contributed by atoms with Gasteiger partial charge in [0.25, 0.3) is 0 Å². The van der Waals surface area contributed by atoms with Gasteiger partial charge in [0.15, 0.2) is 0 Å². The Balaban J connectivity index is 1.54. The topological polar surface area (TPSA) is 113 Å². The van der Waals surface area contributed by atoms with Crippen molar-refractivity contribution in [2.45, 2.75) is 50.1 Å². The number of aliphatic carboxylic acids is 1. The lowest BCUT2D eigenvalue weighted by molar-refractivity contribution is -0.163. The number of rotatable bonds is 6. The summed E-state index contributed by atoms with van der Waals surface area (Å²) in [5, 5.41) is 33.1. The van der Waals surface area contributed by atoms with E-state index in [2.05, 4.69) is 10.2 Å². The summed E-state index contributed by atoms with van der Waals surface area (Å²) < 4.78 is 0. The van der Waals surface area contributed by atoms with E-state index in [1.165, 1.54) is 4.90 Å². The molecule has 0 aromatic rings. The molecule has 0 saturated carbocycles. The fourth-order valence-electron chi connectivity index (χ4n) is 5.49. The van der Waals surface area contributed by atoms with Crippen LogP contribution in [-0.2, 0) is 9.59 Å². The third-order valence-electron chi connectivity index (χ3n) is 6.84. The zero-order valence-electron chi connectivity index (χ0n) is 16.2. The number of carbonyl (C=O) groups excluding carboxylic acids is 1. The second-order valence-electron chi connectivity index (χ2n) is 8.48. The van der Waals surface area contributed by atoms with Gasteiger partial charge in [-0.05, 0) is 38.8 Å². The molecule has 9 heteroatoms. The molecule has 7 atom stereocenters. The first-order valence-electron chi connectivity index (χ1n) is 10.1. The smallest absolute Gasteiger partial charge is 0.353 e. The van der Waals surface area contributed by atoms with E-state index in [9.17, 15) is 24.9 Å². The van der Waals surface area contributed by atoms with Crippen LogP contribution in [0, 0.1) is 17.8 Å². The van der Waals surface area contributed by atoms with Crippen molar-refractivity contribution < 1.29 is 24.9 Å². The highest BCUT2D eigenvalue weighted by Crippen LogP contribution is 2.52. The molecule has 0 radical (unpaired) electrons. The molecule has 4 N–H and O–H groups in total. The summed E-state index contributed by atoms with van der Waals surface area (Å²) >= 11 is 1.55. The van der Waals surface area contributed by atoms with Crippen LogP contribution in [0.15, 0.2) is 10.6 Å². The predicted molar refractivity (Wildman–Crippen MR) is 104 cm³/mol. The number of thioether (sulfide) groups is 1. The van der Waals surface area contributed by atoms with Crippen molar-refractivity contribution in [2.75, 3.05) is 26.4 Å². The first-order chi connectivity index (χ1) is 13.3. The van der Waals surface area contributed by atoms with Gasteiger partial charge in [0, 0.05) is 28.7 Å². The van der Waals surface area contributed by atoms with E-state index < -0.39 is 18.0 Å². The van der Waals surface area contributed by atoms with Crippen molar-refractivity contribution in [3.63, 3.8) is 0 Å². The number of aliphatic hydroxyl groups excluding tert-OH is 2. The number of carboxylic acids is 1. The summed E-state index contributed by atoms with van der Waals surface area (Å²) in [6.45, 7) is 6.23. The zero-order chi connectivity index (χ0) is 20.2. The van der Waals surface area contributed by atoms with Gasteiger partial charge in [0.05, 0.1) is 24.8 Å². The number of carboxylic acid groups (broad SMARTS) is 1. The van der Waals surface area contributed by atoms with Crippen LogP contribution in [0.2, 0.25) is 0 Å². The molecule has 4 heterocycles. The first-order valence-corrected chi connectivity index (χ1v) is 10.9. The lowest BCUT2D eigenvalue weighted by Crippen LogP contribution is -2.63. The number of likely N-dealkylation sites (tertiary alicyclic amines) is 1. The van der Waals surface area contributed by atoms with Crippen molar-refractivity contribution >= 4 is 23.6 Å². The molecule has 0 bridgehead atoms. The van der Waals surface area contributed by atoms with Gasteiger partial charge in [-0.15, -0.1) is 11.8 Å². The van der Waals surface area contributed by atoms with E-state index in [0.717, 1.165) is 30.8 Å². The molecule has 156 valence electrons. The maximum Gasteiger partial charge on any atom is 0.353 e. The van der Waals surface area contributed by atoms with Gasteiger partial charge in [-0.2, -0.15) is 0 Å². The number of carbonyl (C=O) groups is 2. The normalized spacial score (nSPS) is 39.4. The van der Waals surface area contributed by atoms with Crippen LogP contribution < -0.4 is 5.32 Å². The van der Waals surface area contributed by atoms with E-state index in [4.69, 9.17) is 0 Å². The van der Waals surface area contributed by atoms with Crippen LogP contribution in [0.5, 0.6) is 0 Å². The van der Waals surface area contributed by atoms with Crippen molar-refractivity contribution in [3.8, 4) is 0 Å². The van der Waals surface area contributed by atoms with Crippen molar-refractivity contribution in [2.24, 2.45) is 17.8 Å². The third kappa shape index (κ3) is 3.08. The van der Waals surface area contributed by atoms with E-state index >= 15 is 0 Å². The van der Waals surface area contributed by atoms with E-state index in [-0.39, 0.29) is 35.5 Å². The van der Waals surface area contributed by atoms with Crippen molar-refractivity contribution in [1.29, 1.82) is 0 Å². The summed E-state index contributed by atoms with van der Waals surface area (Å²) in [5.74, 6) is -1.51. The molecule has 1 amide bonds. The maximum atomic E-state index is 12.5. The van der Waals surface area contributed by atoms with Gasteiger partial charge in [-0.25, -0.2) is 4.79 Å². The summed E-state index contributed by atoms with van der Waals surface area (Å²) in [6.07, 6.45) is 1.21. The number of aliphatic hydroxyl groups is 2. The standard InChI is InChI=1S/C19H29N3O5S/c1-9-15-14(10(2)24)18(25)22(15)16(19(26)27)17(9)28-12-5-13(21(7-12)8-23)11-3-4-20-6-11/h9-15,20,23-24H,3-8H2,1-2H3,(H,26,27)/t9?,10?,11?,12?,13?,14?,15-/m0/s1. The largest absolute Gasteiger partial charge is 0.477 e. The minimum Gasteiger partial charge on any atom is -0.477 e. The Hall–Kier alpha value is -1.13. The van der Waals surface area contributed by atoms with Crippen LogP contribution in [0.1, 0.15) is 26.7 Å². The second-order valence-corrected chi connectivity index (χ2v) is 9.82. The monoisotopic (exact) mass is 411 g/mol. The molecule has 28 heavy (non-hydrogen) atoms. The van der Waals surface area contributed by atoms with Crippen LogP contribution >= 0.6 is 11.8 Å². The molecular weight excluding hydrogens is 382 g/mol. The fourth-order valence-corrected chi connectivity index (χ4v) is 7.06. The Kier molecular flexibility index (Phi) is 5.47. The van der Waals surface area contributed by atoms with Crippen LogP contribution in [-0.4, -0.2) is 86.8 Å². The van der Waals surface area contributed by atoms with Crippen LogP contribution in [0.25, 0.3) is 0 Å². The van der Waals surface area contributed by atoms with Gasteiger partial charge in [0.1, 0.15) is 5.70 Å². The van der Waals surface area contributed by atoms with Gasteiger partial charge in [-0.1, -0.05) is 6.92 Å². The Labute approximate surface area is 168 Å². The van der Waals surface area contributed by atoms with Gasteiger partial charge >= 0.3 is 5.97 Å². The lowest BCUT2D eigenvalue weighted by Gasteiger charge is -2.46. The third-order valence-corrected chi connectivity index (χ3v) is 8.33. The summed E-state index contributed by atoms with van der Waals surface area (Å²) in [7, 11) is 0. The number of nitrogens with zero attached hydrogens (tertiary/aromatic N) is 2. The summed E-state index contributed by atoms with van der Waals surface area (Å²) in [5.41, 5.74) is 0.0888. The minimum absolute atomic E-state index is 0.00987. The molecular formula is C19H29N3O5S. The number of fused-ring (bicyclic) bond motifs is 1. The summed E-state index contributed by atoms with van der Waals surface area (Å²) in [4.78, 5) is 28.6. The highest BCUT2D eigenvalue weighted by Gasteiger charge is 2.60.